The minimum Gasteiger partial charge on any atom is -0.457 e. The second-order valence-electron chi connectivity index (χ2n) is 6.98. The first kappa shape index (κ1) is 18.3. The van der Waals surface area contributed by atoms with Crippen molar-refractivity contribution in [1.82, 2.24) is 0 Å². The first-order valence-corrected chi connectivity index (χ1v) is 10.9. The summed E-state index contributed by atoms with van der Waals surface area (Å²) in [6, 6.07) is 28.1. The smallest absolute Gasteiger partial charge is 0.208 e. The van der Waals surface area contributed by atoms with Gasteiger partial charge in [-0.1, -0.05) is 48.5 Å². The average molecular weight is 412 g/mol. The van der Waals surface area contributed by atoms with Crippen molar-refractivity contribution in [2.24, 2.45) is 0 Å². The molecule has 0 fully saturated rings. The Labute approximate surface area is 174 Å². The highest BCUT2D eigenvalue weighted by Gasteiger charge is 2.34. The fraction of sp³-hybridized carbons (Fsp3) is 0. The third-order valence-corrected chi connectivity index (χ3v) is 6.96. The van der Waals surface area contributed by atoms with E-state index in [2.05, 4.69) is 0 Å². The fourth-order valence-electron chi connectivity index (χ4n) is 3.60. The number of hydrogen-bond acceptors (Lipinski definition) is 4. The molecule has 0 saturated carbocycles. The molecule has 5 heteroatoms. The van der Waals surface area contributed by atoms with Gasteiger partial charge in [-0.25, -0.2) is 8.42 Å². The Kier molecular flexibility index (Phi) is 4.26. The Balaban J connectivity index is 1.52. The number of carbonyl (C=O) groups excluding carboxylic acids is 1. The SMILES string of the molecule is O=C1c2ccccc2S(=O)(=O)c2cc(-c3ccc(Oc4ccccc4)cc3)ccc21. The van der Waals surface area contributed by atoms with Crippen LogP contribution < -0.4 is 4.74 Å². The molecule has 4 aromatic carbocycles. The summed E-state index contributed by atoms with van der Waals surface area (Å²) in [6.07, 6.45) is 0. The van der Waals surface area contributed by atoms with Crippen LogP contribution in [-0.2, 0) is 9.84 Å². The second-order valence-corrected chi connectivity index (χ2v) is 8.87. The number of sulfone groups is 1. The van der Waals surface area contributed by atoms with Crippen LogP contribution in [0.15, 0.2) is 107 Å². The van der Waals surface area contributed by atoms with Crippen molar-refractivity contribution in [3.63, 3.8) is 0 Å². The van der Waals surface area contributed by atoms with E-state index < -0.39 is 9.84 Å². The molecule has 0 radical (unpaired) electrons. The molecular formula is C25H16O4S. The van der Waals surface area contributed by atoms with Crippen LogP contribution in [-0.4, -0.2) is 14.2 Å². The number of fused-ring (bicyclic) bond motifs is 2. The van der Waals surface area contributed by atoms with Crippen molar-refractivity contribution >= 4 is 15.6 Å². The first-order chi connectivity index (χ1) is 14.5. The molecule has 1 heterocycles. The van der Waals surface area contributed by atoms with Crippen molar-refractivity contribution in [3.8, 4) is 22.6 Å². The normalized spacial score (nSPS) is 13.9. The van der Waals surface area contributed by atoms with E-state index in [1.54, 1.807) is 36.4 Å². The lowest BCUT2D eigenvalue weighted by molar-refractivity contribution is 0.103. The fourth-order valence-corrected chi connectivity index (χ4v) is 5.28. The van der Waals surface area contributed by atoms with Gasteiger partial charge >= 0.3 is 0 Å². The highest BCUT2D eigenvalue weighted by Crippen LogP contribution is 2.37. The molecule has 0 atom stereocenters. The molecule has 0 bridgehead atoms. The predicted octanol–water partition coefficient (Wildman–Crippen LogP) is 5.52. The van der Waals surface area contributed by atoms with E-state index in [1.807, 2.05) is 54.6 Å². The van der Waals surface area contributed by atoms with E-state index in [-0.39, 0.29) is 26.7 Å². The van der Waals surface area contributed by atoms with Crippen molar-refractivity contribution in [2.45, 2.75) is 9.79 Å². The average Bonchev–Trinajstić information content (AvgIpc) is 2.79. The van der Waals surface area contributed by atoms with E-state index in [0.29, 0.717) is 5.75 Å². The molecule has 0 aromatic heterocycles. The molecular weight excluding hydrogens is 396 g/mol. The van der Waals surface area contributed by atoms with Crippen LogP contribution in [0.2, 0.25) is 0 Å². The van der Waals surface area contributed by atoms with Gasteiger partial charge < -0.3 is 4.74 Å². The zero-order valence-electron chi connectivity index (χ0n) is 15.8. The van der Waals surface area contributed by atoms with Gasteiger partial charge in [-0.3, -0.25) is 4.79 Å². The number of ether oxygens (including phenoxy) is 1. The van der Waals surface area contributed by atoms with Gasteiger partial charge in [0.2, 0.25) is 9.84 Å². The third kappa shape index (κ3) is 3.00. The van der Waals surface area contributed by atoms with Gasteiger partial charge in [0, 0.05) is 11.1 Å². The molecule has 30 heavy (non-hydrogen) atoms. The zero-order valence-corrected chi connectivity index (χ0v) is 16.6. The maximum absolute atomic E-state index is 13.1. The third-order valence-electron chi connectivity index (χ3n) is 5.10. The minimum atomic E-state index is -3.76. The van der Waals surface area contributed by atoms with Crippen LogP contribution in [0.25, 0.3) is 11.1 Å². The highest BCUT2D eigenvalue weighted by atomic mass is 32.2. The second kappa shape index (κ2) is 6.97. The lowest BCUT2D eigenvalue weighted by atomic mass is 9.98. The lowest BCUT2D eigenvalue weighted by Gasteiger charge is -2.19. The van der Waals surface area contributed by atoms with Crippen LogP contribution in [0.3, 0.4) is 0 Å². The minimum absolute atomic E-state index is 0.0494. The quantitative estimate of drug-likeness (QED) is 0.391. The zero-order chi connectivity index (χ0) is 20.7. The first-order valence-electron chi connectivity index (χ1n) is 9.40. The molecule has 0 N–H and O–H groups in total. The summed E-state index contributed by atoms with van der Waals surface area (Å²) < 4.78 is 32.0. The monoisotopic (exact) mass is 412 g/mol. The van der Waals surface area contributed by atoms with Crippen LogP contribution in [0.5, 0.6) is 11.5 Å². The van der Waals surface area contributed by atoms with Crippen molar-refractivity contribution < 1.29 is 17.9 Å². The molecule has 146 valence electrons. The molecule has 4 aromatic rings. The maximum Gasteiger partial charge on any atom is 0.208 e. The summed E-state index contributed by atoms with van der Waals surface area (Å²) in [5, 5.41) is 0. The number of benzene rings is 4. The van der Waals surface area contributed by atoms with E-state index in [4.69, 9.17) is 4.74 Å². The predicted molar refractivity (Wildman–Crippen MR) is 114 cm³/mol. The van der Waals surface area contributed by atoms with E-state index in [0.717, 1.165) is 16.9 Å². The maximum atomic E-state index is 13.1. The standard InChI is InChI=1S/C25H16O4S/c26-25-21-8-4-5-9-23(21)30(27,28)24-16-18(12-15-22(24)25)17-10-13-20(14-11-17)29-19-6-2-1-3-7-19/h1-16H. The summed E-state index contributed by atoms with van der Waals surface area (Å²) in [5.41, 5.74) is 1.98. The molecule has 0 saturated heterocycles. The Morgan fingerprint density at radius 3 is 1.93 bits per heavy atom. The van der Waals surface area contributed by atoms with Gasteiger partial charge in [0.05, 0.1) is 9.79 Å². The van der Waals surface area contributed by atoms with Crippen LogP contribution >= 0.6 is 0 Å². The molecule has 0 aliphatic carbocycles. The Morgan fingerprint density at radius 2 is 1.17 bits per heavy atom. The molecule has 0 amide bonds. The van der Waals surface area contributed by atoms with Gasteiger partial charge in [0.15, 0.2) is 5.78 Å². The summed E-state index contributed by atoms with van der Waals surface area (Å²) in [6.45, 7) is 0. The Morgan fingerprint density at radius 1 is 0.567 bits per heavy atom. The Bertz CT molecular complexity index is 1370. The topological polar surface area (TPSA) is 60.4 Å². The summed E-state index contributed by atoms with van der Waals surface area (Å²) in [7, 11) is -3.76. The summed E-state index contributed by atoms with van der Waals surface area (Å²) in [5.74, 6) is 1.15. The molecule has 1 aliphatic rings. The van der Waals surface area contributed by atoms with E-state index in [9.17, 15) is 13.2 Å². The number of ketones is 1. The van der Waals surface area contributed by atoms with Crippen LogP contribution in [0.1, 0.15) is 15.9 Å². The number of rotatable bonds is 3. The summed E-state index contributed by atoms with van der Waals surface area (Å²) >= 11 is 0. The molecule has 1 aliphatic heterocycles. The van der Waals surface area contributed by atoms with Gasteiger partial charge in [-0.05, 0) is 59.7 Å². The number of hydrogen-bond donors (Lipinski definition) is 0. The van der Waals surface area contributed by atoms with E-state index in [1.165, 1.54) is 6.07 Å². The van der Waals surface area contributed by atoms with Crippen molar-refractivity contribution in [3.05, 3.63) is 108 Å². The van der Waals surface area contributed by atoms with Gasteiger partial charge in [-0.2, -0.15) is 0 Å². The molecule has 5 rings (SSSR count). The van der Waals surface area contributed by atoms with Crippen molar-refractivity contribution in [1.29, 1.82) is 0 Å². The molecule has 4 nitrogen and oxygen atoms in total. The largest absolute Gasteiger partial charge is 0.457 e. The highest BCUT2D eigenvalue weighted by molar-refractivity contribution is 7.91. The van der Waals surface area contributed by atoms with Crippen LogP contribution in [0.4, 0.5) is 0 Å². The van der Waals surface area contributed by atoms with Gasteiger partial charge in [0.25, 0.3) is 0 Å². The van der Waals surface area contributed by atoms with Crippen molar-refractivity contribution in [2.75, 3.05) is 0 Å². The van der Waals surface area contributed by atoms with Crippen LogP contribution in [0, 0.1) is 0 Å². The molecule has 0 spiro atoms. The summed E-state index contributed by atoms with van der Waals surface area (Å²) in [4.78, 5) is 12.9. The molecule has 0 unspecified atom stereocenters. The van der Waals surface area contributed by atoms with Gasteiger partial charge in [0.1, 0.15) is 11.5 Å². The van der Waals surface area contributed by atoms with E-state index >= 15 is 0 Å². The Hall–Kier alpha value is -3.70. The number of para-hydroxylation sites is 1. The number of carbonyl (C=O) groups is 1. The lowest BCUT2D eigenvalue weighted by Crippen LogP contribution is -2.20. The van der Waals surface area contributed by atoms with Gasteiger partial charge in [-0.15, -0.1) is 0 Å².